The lowest BCUT2D eigenvalue weighted by molar-refractivity contribution is -0.123. The van der Waals surface area contributed by atoms with E-state index < -0.39 is 5.41 Å². The number of carbonyl (C=O) groups is 1. The first-order chi connectivity index (χ1) is 8.38. The summed E-state index contributed by atoms with van der Waals surface area (Å²) >= 11 is 0. The van der Waals surface area contributed by atoms with E-state index in [9.17, 15) is 4.79 Å². The lowest BCUT2D eigenvalue weighted by Gasteiger charge is -2.18. The van der Waals surface area contributed by atoms with E-state index in [4.69, 9.17) is 10.00 Å². The summed E-state index contributed by atoms with van der Waals surface area (Å²) in [4.78, 5) is 11.8. The molecule has 0 aliphatic heterocycles. The second kappa shape index (κ2) is 5.54. The second-order valence-corrected chi connectivity index (χ2v) is 4.96. The van der Waals surface area contributed by atoms with Crippen molar-refractivity contribution < 1.29 is 9.53 Å². The normalized spacial score (nSPS) is 10.6. The molecule has 4 heteroatoms. The van der Waals surface area contributed by atoms with Crippen LogP contribution in [-0.4, -0.2) is 12.5 Å². The van der Waals surface area contributed by atoms with Gasteiger partial charge in [-0.1, -0.05) is 20.8 Å². The Morgan fingerprint density at radius 3 is 2.61 bits per heavy atom. The number of amides is 1. The molecule has 0 saturated carbocycles. The fraction of sp³-hybridized carbons (Fsp3) is 0.429. The maximum absolute atomic E-state index is 11.8. The SMILES string of the molecule is CCOc1ccc(NC(=O)C(C)(C)C)cc1C#N. The number of benzene rings is 1. The molecule has 0 bridgehead atoms. The van der Waals surface area contributed by atoms with Gasteiger partial charge in [0, 0.05) is 11.1 Å². The average molecular weight is 246 g/mol. The van der Waals surface area contributed by atoms with Gasteiger partial charge in [0.1, 0.15) is 11.8 Å². The van der Waals surface area contributed by atoms with Crippen molar-refractivity contribution in [1.29, 1.82) is 5.26 Å². The number of nitriles is 1. The van der Waals surface area contributed by atoms with E-state index in [1.54, 1.807) is 18.2 Å². The maximum Gasteiger partial charge on any atom is 0.229 e. The van der Waals surface area contributed by atoms with Crippen LogP contribution in [-0.2, 0) is 4.79 Å². The van der Waals surface area contributed by atoms with Gasteiger partial charge in [-0.3, -0.25) is 4.79 Å². The molecule has 0 aromatic heterocycles. The molecule has 0 heterocycles. The zero-order valence-corrected chi connectivity index (χ0v) is 11.2. The fourth-order valence-corrected chi connectivity index (χ4v) is 1.30. The molecule has 18 heavy (non-hydrogen) atoms. The molecule has 0 spiro atoms. The zero-order chi connectivity index (χ0) is 13.8. The molecule has 0 aliphatic rings. The van der Waals surface area contributed by atoms with Gasteiger partial charge in [0.2, 0.25) is 5.91 Å². The number of nitrogens with one attached hydrogen (secondary N) is 1. The molecule has 1 amide bonds. The first kappa shape index (κ1) is 14.0. The largest absolute Gasteiger partial charge is 0.492 e. The molecule has 0 fully saturated rings. The van der Waals surface area contributed by atoms with Gasteiger partial charge in [-0.2, -0.15) is 5.26 Å². The van der Waals surface area contributed by atoms with Gasteiger partial charge < -0.3 is 10.1 Å². The maximum atomic E-state index is 11.8. The summed E-state index contributed by atoms with van der Waals surface area (Å²) in [7, 11) is 0. The number of rotatable bonds is 3. The van der Waals surface area contributed by atoms with Gasteiger partial charge in [-0.15, -0.1) is 0 Å². The van der Waals surface area contributed by atoms with Crippen molar-refractivity contribution >= 4 is 11.6 Å². The van der Waals surface area contributed by atoms with Gasteiger partial charge in [-0.05, 0) is 25.1 Å². The van der Waals surface area contributed by atoms with Gasteiger partial charge >= 0.3 is 0 Å². The topological polar surface area (TPSA) is 62.1 Å². The van der Waals surface area contributed by atoms with E-state index in [2.05, 4.69) is 11.4 Å². The predicted octanol–water partition coefficient (Wildman–Crippen LogP) is 2.94. The minimum absolute atomic E-state index is 0.0875. The molecular formula is C14H18N2O2. The van der Waals surface area contributed by atoms with E-state index >= 15 is 0 Å². The third-order valence-corrected chi connectivity index (χ3v) is 2.34. The lowest BCUT2D eigenvalue weighted by atomic mass is 9.95. The van der Waals surface area contributed by atoms with E-state index in [1.807, 2.05) is 27.7 Å². The Balaban J connectivity index is 2.94. The Bertz CT molecular complexity index is 482. The number of hydrogen-bond acceptors (Lipinski definition) is 3. The number of anilines is 1. The van der Waals surface area contributed by atoms with Crippen LogP contribution in [0.1, 0.15) is 33.3 Å². The molecule has 1 aromatic carbocycles. The summed E-state index contributed by atoms with van der Waals surface area (Å²) in [5, 5.41) is 11.8. The Labute approximate surface area is 108 Å². The summed E-state index contributed by atoms with van der Waals surface area (Å²) in [6.07, 6.45) is 0. The predicted molar refractivity (Wildman–Crippen MR) is 70.4 cm³/mol. The zero-order valence-electron chi connectivity index (χ0n) is 11.2. The van der Waals surface area contributed by atoms with Gasteiger partial charge in [0.05, 0.1) is 12.2 Å². The lowest BCUT2D eigenvalue weighted by Crippen LogP contribution is -2.27. The highest BCUT2D eigenvalue weighted by Gasteiger charge is 2.21. The highest BCUT2D eigenvalue weighted by atomic mass is 16.5. The highest BCUT2D eigenvalue weighted by Crippen LogP contribution is 2.24. The van der Waals surface area contributed by atoms with Crippen LogP contribution in [0.15, 0.2) is 18.2 Å². The van der Waals surface area contributed by atoms with Crippen LogP contribution in [0.2, 0.25) is 0 Å². The molecule has 0 unspecified atom stereocenters. The summed E-state index contributed by atoms with van der Waals surface area (Å²) in [6.45, 7) is 7.87. The Kier molecular flexibility index (Phi) is 4.33. The Morgan fingerprint density at radius 2 is 2.11 bits per heavy atom. The minimum atomic E-state index is -0.467. The third-order valence-electron chi connectivity index (χ3n) is 2.34. The van der Waals surface area contributed by atoms with Crippen molar-refractivity contribution in [3.05, 3.63) is 23.8 Å². The van der Waals surface area contributed by atoms with E-state index in [-0.39, 0.29) is 5.91 Å². The van der Waals surface area contributed by atoms with Crippen molar-refractivity contribution in [3.8, 4) is 11.8 Å². The second-order valence-electron chi connectivity index (χ2n) is 4.96. The van der Waals surface area contributed by atoms with Crippen molar-refractivity contribution in [3.63, 3.8) is 0 Å². The number of nitrogens with zero attached hydrogens (tertiary/aromatic N) is 1. The van der Waals surface area contributed by atoms with Crippen molar-refractivity contribution in [2.24, 2.45) is 5.41 Å². The summed E-state index contributed by atoms with van der Waals surface area (Å²) in [6, 6.07) is 7.10. The van der Waals surface area contributed by atoms with Crippen LogP contribution in [0, 0.1) is 16.7 Å². The molecule has 1 rings (SSSR count). The summed E-state index contributed by atoms with van der Waals surface area (Å²) < 4.78 is 5.32. The van der Waals surface area contributed by atoms with Crippen LogP contribution in [0.4, 0.5) is 5.69 Å². The Morgan fingerprint density at radius 1 is 1.44 bits per heavy atom. The molecule has 0 saturated heterocycles. The monoisotopic (exact) mass is 246 g/mol. The quantitative estimate of drug-likeness (QED) is 0.891. The fourth-order valence-electron chi connectivity index (χ4n) is 1.30. The minimum Gasteiger partial charge on any atom is -0.492 e. The molecule has 4 nitrogen and oxygen atoms in total. The molecule has 1 N–H and O–H groups in total. The highest BCUT2D eigenvalue weighted by molar-refractivity contribution is 5.94. The van der Waals surface area contributed by atoms with Crippen molar-refractivity contribution in [2.75, 3.05) is 11.9 Å². The first-order valence-electron chi connectivity index (χ1n) is 5.87. The van der Waals surface area contributed by atoms with E-state index in [0.29, 0.717) is 23.6 Å². The van der Waals surface area contributed by atoms with Gasteiger partial charge in [-0.25, -0.2) is 0 Å². The Hall–Kier alpha value is -2.02. The standard InChI is InChI=1S/C14H18N2O2/c1-5-18-12-7-6-11(8-10(12)9-15)16-13(17)14(2,3)4/h6-8H,5H2,1-4H3,(H,16,17). The summed E-state index contributed by atoms with van der Waals surface area (Å²) in [5.41, 5.74) is 0.560. The molecule has 0 radical (unpaired) electrons. The van der Waals surface area contributed by atoms with Crippen LogP contribution in [0.3, 0.4) is 0 Å². The molecule has 0 aliphatic carbocycles. The van der Waals surface area contributed by atoms with Crippen LogP contribution >= 0.6 is 0 Å². The smallest absolute Gasteiger partial charge is 0.229 e. The van der Waals surface area contributed by atoms with Crippen LogP contribution < -0.4 is 10.1 Å². The van der Waals surface area contributed by atoms with Gasteiger partial charge in [0.15, 0.2) is 0 Å². The summed E-state index contributed by atoms with van der Waals surface area (Å²) in [5.74, 6) is 0.448. The number of hydrogen-bond donors (Lipinski definition) is 1. The van der Waals surface area contributed by atoms with Crippen molar-refractivity contribution in [2.45, 2.75) is 27.7 Å². The molecule has 0 atom stereocenters. The van der Waals surface area contributed by atoms with Gasteiger partial charge in [0.25, 0.3) is 0 Å². The van der Waals surface area contributed by atoms with Crippen molar-refractivity contribution in [1.82, 2.24) is 0 Å². The molecule has 1 aromatic rings. The first-order valence-corrected chi connectivity index (χ1v) is 5.87. The van der Waals surface area contributed by atoms with E-state index in [0.717, 1.165) is 0 Å². The molecule has 96 valence electrons. The third kappa shape index (κ3) is 3.49. The van der Waals surface area contributed by atoms with Crippen LogP contribution in [0.25, 0.3) is 0 Å². The molecular weight excluding hydrogens is 228 g/mol. The number of ether oxygens (including phenoxy) is 1. The van der Waals surface area contributed by atoms with E-state index in [1.165, 1.54) is 0 Å². The number of carbonyl (C=O) groups excluding carboxylic acids is 1. The average Bonchev–Trinajstić information content (AvgIpc) is 2.30. The van der Waals surface area contributed by atoms with Crippen LogP contribution in [0.5, 0.6) is 5.75 Å².